The van der Waals surface area contributed by atoms with E-state index in [1.165, 1.54) is 108 Å². The Morgan fingerprint density at radius 1 is 0.356 bits per heavy atom. The molecule has 14 aromatic rings. The average molecular weight is 987 g/mol. The Morgan fingerprint density at radius 2 is 0.767 bits per heavy atom. The van der Waals surface area contributed by atoms with Crippen LogP contribution < -0.4 is 10.6 Å². The van der Waals surface area contributed by atoms with Crippen LogP contribution in [0.2, 0.25) is 0 Å². The largest absolute Gasteiger partial charge is 0.309 e. The Hall–Kier alpha value is -8.12. The molecule has 0 N–H and O–H groups in total. The number of para-hydroxylation sites is 6. The topological polar surface area (TPSA) is 19.7 Å². The number of hydrogen-bond acceptors (Lipinski definition) is 2. The van der Waals surface area contributed by atoms with Crippen molar-refractivity contribution in [2.45, 2.75) is 15.8 Å². The third kappa shape index (κ3) is 5.88. The van der Waals surface area contributed by atoms with Crippen LogP contribution in [0.1, 0.15) is 0 Å². The number of fused-ring (bicyclic) bond motifs is 14. The van der Waals surface area contributed by atoms with Crippen molar-refractivity contribution in [2.75, 3.05) is 0 Å². The SMILES string of the molecule is S=P1(c2ccccc2)c2ccc(-n3c4ccccc4c4cc5c6ccccc6n(-c6ccccc6)c5cc43)cc2SC2C=C(n3c4ccccc4c4cc5c6ccccc6n(-c6ccccc6)c5cc43)C=CC21. The molecule has 0 saturated carbocycles. The lowest BCUT2D eigenvalue weighted by Crippen LogP contribution is -2.37. The van der Waals surface area contributed by atoms with Gasteiger partial charge in [-0.2, -0.15) is 0 Å². The molecule has 16 rings (SSSR count). The summed E-state index contributed by atoms with van der Waals surface area (Å²) in [4.78, 5) is 1.26. The molecule has 10 aromatic carbocycles. The first-order valence-electron chi connectivity index (χ1n) is 25.0. The quantitative estimate of drug-likeness (QED) is 0.160. The molecule has 4 nitrogen and oxygen atoms in total. The molecule has 1 aliphatic carbocycles. The van der Waals surface area contributed by atoms with Gasteiger partial charge in [0, 0.05) is 93.0 Å². The summed E-state index contributed by atoms with van der Waals surface area (Å²) < 4.78 is 9.85. The molecule has 7 heteroatoms. The molecule has 3 atom stereocenters. The van der Waals surface area contributed by atoms with E-state index in [4.69, 9.17) is 11.8 Å². The molecule has 73 heavy (non-hydrogen) atoms. The second kappa shape index (κ2) is 15.7. The van der Waals surface area contributed by atoms with Crippen molar-refractivity contribution in [1.29, 1.82) is 0 Å². The highest BCUT2D eigenvalue weighted by atomic mass is 32.4. The van der Waals surface area contributed by atoms with Crippen LogP contribution in [-0.2, 0) is 11.8 Å². The Balaban J connectivity index is 0.901. The number of benzene rings is 10. The molecule has 0 fully saturated rings. The zero-order valence-electron chi connectivity index (χ0n) is 39.4. The number of allylic oxidation sites excluding steroid dienone is 3. The van der Waals surface area contributed by atoms with Gasteiger partial charge in [-0.1, -0.05) is 163 Å². The highest BCUT2D eigenvalue weighted by Gasteiger charge is 2.43. The minimum absolute atomic E-state index is 0.101. The number of nitrogens with zero attached hydrogens (tertiary/aromatic N) is 4. The minimum Gasteiger partial charge on any atom is -0.309 e. The van der Waals surface area contributed by atoms with Gasteiger partial charge in [-0.05, 0) is 102 Å². The average Bonchev–Trinajstić information content (AvgIpc) is 4.16. The maximum atomic E-state index is 7.25. The first-order valence-corrected chi connectivity index (χ1v) is 28.8. The number of thioether (sulfide) groups is 1. The van der Waals surface area contributed by atoms with E-state index in [9.17, 15) is 0 Å². The highest BCUT2D eigenvalue weighted by Crippen LogP contribution is 2.61. The molecule has 0 radical (unpaired) electrons. The molecular formula is C66H43N4PS2. The van der Waals surface area contributed by atoms with Gasteiger partial charge in [0.2, 0.25) is 0 Å². The van der Waals surface area contributed by atoms with Crippen LogP contribution in [0.4, 0.5) is 0 Å². The van der Waals surface area contributed by atoms with Gasteiger partial charge < -0.3 is 18.3 Å². The van der Waals surface area contributed by atoms with Gasteiger partial charge in [0.15, 0.2) is 0 Å². The van der Waals surface area contributed by atoms with Gasteiger partial charge in [-0.25, -0.2) is 0 Å². The number of aromatic nitrogens is 4. The van der Waals surface area contributed by atoms with E-state index in [-0.39, 0.29) is 10.9 Å². The minimum atomic E-state index is -2.40. The summed E-state index contributed by atoms with van der Waals surface area (Å²) in [6.07, 6.45) is 7.39. The van der Waals surface area contributed by atoms with Gasteiger partial charge in [-0.15, -0.1) is 11.8 Å². The second-order valence-corrected chi connectivity index (χ2v) is 25.4. The summed E-state index contributed by atoms with van der Waals surface area (Å²) in [5.41, 5.74) is 14.3. The van der Waals surface area contributed by atoms with E-state index in [2.05, 4.69) is 267 Å². The van der Waals surface area contributed by atoms with Crippen LogP contribution in [0.25, 0.3) is 110 Å². The van der Waals surface area contributed by atoms with Gasteiger partial charge in [-0.3, -0.25) is 0 Å². The van der Waals surface area contributed by atoms with E-state index in [1.807, 2.05) is 11.8 Å². The molecule has 0 spiro atoms. The summed E-state index contributed by atoms with van der Waals surface area (Å²) in [5.74, 6) is 0. The lowest BCUT2D eigenvalue weighted by Gasteiger charge is -2.42. The summed E-state index contributed by atoms with van der Waals surface area (Å²) in [5, 5.41) is 12.7. The fourth-order valence-electron chi connectivity index (χ4n) is 12.6. The molecular weight excluding hydrogens is 944 g/mol. The predicted molar refractivity (Wildman–Crippen MR) is 316 cm³/mol. The first kappa shape index (κ1) is 41.5. The van der Waals surface area contributed by atoms with E-state index in [1.54, 1.807) is 0 Å². The lowest BCUT2D eigenvalue weighted by atomic mass is 10.1. The van der Waals surface area contributed by atoms with E-state index in [0.717, 1.165) is 17.1 Å². The van der Waals surface area contributed by atoms with Crippen molar-refractivity contribution in [3.63, 3.8) is 0 Å². The molecule has 1 aliphatic heterocycles. The third-order valence-electron chi connectivity index (χ3n) is 15.7. The van der Waals surface area contributed by atoms with Crippen LogP contribution in [0.5, 0.6) is 0 Å². The van der Waals surface area contributed by atoms with Crippen LogP contribution in [0, 0.1) is 0 Å². The summed E-state index contributed by atoms with van der Waals surface area (Å²) in [7, 11) is 0. The zero-order chi connectivity index (χ0) is 47.9. The molecule has 0 saturated heterocycles. The van der Waals surface area contributed by atoms with E-state index in [0.29, 0.717) is 0 Å². The van der Waals surface area contributed by atoms with Crippen molar-refractivity contribution in [1.82, 2.24) is 18.3 Å². The normalized spacial score (nSPS) is 17.7. The smallest absolute Gasteiger partial charge is 0.0562 e. The summed E-state index contributed by atoms with van der Waals surface area (Å²) in [6, 6.07) is 82.5. The predicted octanol–water partition coefficient (Wildman–Crippen LogP) is 16.5. The fourth-order valence-corrected chi connectivity index (χ4v) is 20.0. The van der Waals surface area contributed by atoms with Crippen molar-refractivity contribution in [2.24, 2.45) is 0 Å². The maximum Gasteiger partial charge on any atom is 0.0562 e. The second-order valence-electron chi connectivity index (χ2n) is 19.5. The first-order chi connectivity index (χ1) is 36.1. The zero-order valence-corrected chi connectivity index (χ0v) is 41.9. The van der Waals surface area contributed by atoms with Gasteiger partial charge in [0.25, 0.3) is 0 Å². The van der Waals surface area contributed by atoms with Gasteiger partial charge in [0.05, 0.1) is 44.1 Å². The van der Waals surface area contributed by atoms with E-state index >= 15 is 0 Å². The van der Waals surface area contributed by atoms with Gasteiger partial charge >= 0.3 is 0 Å². The fraction of sp³-hybridized carbons (Fsp3) is 0.0303. The summed E-state index contributed by atoms with van der Waals surface area (Å²) >= 11 is 9.23. The molecule has 5 heterocycles. The Bertz CT molecular complexity index is 4750. The number of hydrogen-bond donors (Lipinski definition) is 0. The molecule has 3 unspecified atom stereocenters. The number of rotatable bonds is 5. The van der Waals surface area contributed by atoms with Crippen LogP contribution >= 0.6 is 17.8 Å². The Morgan fingerprint density at radius 3 is 1.26 bits per heavy atom. The van der Waals surface area contributed by atoms with Crippen molar-refractivity contribution < 1.29 is 0 Å². The monoisotopic (exact) mass is 986 g/mol. The molecule has 2 aliphatic rings. The van der Waals surface area contributed by atoms with Gasteiger partial charge in [0.1, 0.15) is 0 Å². The molecule has 0 bridgehead atoms. The lowest BCUT2D eigenvalue weighted by molar-refractivity contribution is 1.03. The molecule has 344 valence electrons. The van der Waals surface area contributed by atoms with Crippen molar-refractivity contribution in [3.8, 4) is 17.1 Å². The third-order valence-corrected chi connectivity index (χ3v) is 22.8. The van der Waals surface area contributed by atoms with Crippen LogP contribution in [0.15, 0.2) is 254 Å². The standard InChI is InChI=1S/C66H43N4PS2/c72-71(46-22-8-3-9-23-46)63-34-32-44(69-57-30-16-12-26-49(57)53-38-51-47-24-10-14-28-55(47)67(59(51)40-61(53)69)42-18-4-1-5-19-42)36-65(63)73-66-37-45(33-35-64(66)71)70-58-31-17-13-27-50(58)54-39-52-48-25-11-15-29-56(48)68(60(52)41-62(54)70)43-20-6-2-7-21-43/h1-41,63,65H. The Labute approximate surface area is 430 Å². The van der Waals surface area contributed by atoms with Crippen LogP contribution in [0.3, 0.4) is 0 Å². The maximum absolute atomic E-state index is 7.25. The Kier molecular flexibility index (Phi) is 8.92. The summed E-state index contributed by atoms with van der Waals surface area (Å²) in [6.45, 7) is 0. The molecule has 0 amide bonds. The molecule has 4 aromatic heterocycles. The van der Waals surface area contributed by atoms with Crippen molar-refractivity contribution in [3.05, 3.63) is 249 Å². The van der Waals surface area contributed by atoms with E-state index < -0.39 is 6.04 Å². The highest BCUT2D eigenvalue weighted by molar-refractivity contribution is 8.23. The van der Waals surface area contributed by atoms with Crippen molar-refractivity contribution >= 4 is 133 Å². The van der Waals surface area contributed by atoms with Crippen LogP contribution in [-0.4, -0.2) is 29.2 Å².